The molecule has 0 radical (unpaired) electrons. The third kappa shape index (κ3) is 3.16. The summed E-state index contributed by atoms with van der Waals surface area (Å²) in [6.45, 7) is 9.69. The Labute approximate surface area is 180 Å². The summed E-state index contributed by atoms with van der Waals surface area (Å²) in [5, 5.41) is 0.562. The van der Waals surface area contributed by atoms with Gasteiger partial charge in [-0.05, 0) is 51.5 Å². The first-order chi connectivity index (χ1) is 14.3. The van der Waals surface area contributed by atoms with Crippen molar-refractivity contribution in [3.63, 3.8) is 0 Å². The van der Waals surface area contributed by atoms with E-state index in [1.165, 1.54) is 11.3 Å². The summed E-state index contributed by atoms with van der Waals surface area (Å²) >= 11 is 1.32. The van der Waals surface area contributed by atoms with Crippen molar-refractivity contribution in [2.24, 2.45) is 0 Å². The van der Waals surface area contributed by atoms with Gasteiger partial charge in [-0.2, -0.15) is 0 Å². The fraction of sp³-hybridized carbons (Fsp3) is 0.636. The van der Waals surface area contributed by atoms with Crippen LogP contribution in [0.25, 0.3) is 10.2 Å². The minimum absolute atomic E-state index is 0.0328. The first kappa shape index (κ1) is 21.0. The highest BCUT2D eigenvalue weighted by atomic mass is 32.1. The molecule has 8 heteroatoms. The number of hydrogen-bond donors (Lipinski definition) is 0. The van der Waals surface area contributed by atoms with Crippen LogP contribution in [0, 0.1) is 6.92 Å². The van der Waals surface area contributed by atoms with E-state index in [1.54, 1.807) is 17.8 Å². The zero-order valence-corrected chi connectivity index (χ0v) is 19.0. The molecule has 2 atom stereocenters. The third-order valence-corrected chi connectivity index (χ3v) is 8.07. The second-order valence-electron chi connectivity index (χ2n) is 8.77. The molecule has 2 saturated heterocycles. The van der Waals surface area contributed by atoms with Gasteiger partial charge < -0.3 is 9.80 Å². The van der Waals surface area contributed by atoms with Crippen LogP contribution in [-0.2, 0) is 11.3 Å². The molecule has 0 N–H and O–H groups in total. The Morgan fingerprint density at radius 3 is 2.77 bits per heavy atom. The molecule has 0 spiro atoms. The van der Waals surface area contributed by atoms with Crippen LogP contribution in [0.4, 0.5) is 0 Å². The lowest BCUT2D eigenvalue weighted by atomic mass is 9.76. The summed E-state index contributed by atoms with van der Waals surface area (Å²) in [4.78, 5) is 48.5. The van der Waals surface area contributed by atoms with Crippen LogP contribution in [0.1, 0.15) is 68.1 Å². The van der Waals surface area contributed by atoms with Crippen LogP contribution in [0.15, 0.2) is 11.1 Å². The largest absolute Gasteiger partial charge is 0.338 e. The topological polar surface area (TPSA) is 75.5 Å². The molecule has 7 nitrogen and oxygen atoms in total. The van der Waals surface area contributed by atoms with Gasteiger partial charge in [-0.1, -0.05) is 6.92 Å². The van der Waals surface area contributed by atoms with Gasteiger partial charge in [-0.15, -0.1) is 11.3 Å². The summed E-state index contributed by atoms with van der Waals surface area (Å²) < 4.78 is 1.63. The maximum Gasteiger partial charge on any atom is 0.264 e. The third-order valence-electron chi connectivity index (χ3n) is 6.88. The van der Waals surface area contributed by atoms with E-state index in [0.29, 0.717) is 28.2 Å². The maximum atomic E-state index is 13.7. The number of amides is 2. The van der Waals surface area contributed by atoms with Gasteiger partial charge in [0.2, 0.25) is 5.91 Å². The van der Waals surface area contributed by atoms with E-state index in [0.717, 1.165) is 44.2 Å². The average Bonchev–Trinajstić information content (AvgIpc) is 3.05. The highest BCUT2D eigenvalue weighted by molar-refractivity contribution is 7.20. The molecular weight excluding hydrogens is 400 g/mol. The van der Waals surface area contributed by atoms with Crippen LogP contribution >= 0.6 is 11.3 Å². The Morgan fingerprint density at radius 1 is 1.30 bits per heavy atom. The van der Waals surface area contributed by atoms with E-state index in [2.05, 4.69) is 11.9 Å². The van der Waals surface area contributed by atoms with Gasteiger partial charge in [0.25, 0.3) is 11.5 Å². The Kier molecular flexibility index (Phi) is 5.46. The van der Waals surface area contributed by atoms with Crippen molar-refractivity contribution in [3.05, 3.63) is 27.1 Å². The Balaban J connectivity index is 1.74. The number of likely N-dealkylation sites (tertiary alicyclic amines) is 2. The minimum atomic E-state index is -0.377. The van der Waals surface area contributed by atoms with E-state index < -0.39 is 0 Å². The number of rotatable bonds is 3. The van der Waals surface area contributed by atoms with Crippen LogP contribution in [0.2, 0.25) is 0 Å². The van der Waals surface area contributed by atoms with E-state index in [9.17, 15) is 14.4 Å². The van der Waals surface area contributed by atoms with Crippen LogP contribution < -0.4 is 5.56 Å². The SMILES string of the molecule is CCCn1cnc2sc(C(=O)N3CCC[C@H]4N(C(C)=O)CCC[C@@]43C)c(C)c2c1=O. The second kappa shape index (κ2) is 7.80. The molecule has 0 saturated carbocycles. The number of nitrogens with zero attached hydrogens (tertiary/aromatic N) is 4. The molecule has 2 aliphatic heterocycles. The fourth-order valence-corrected chi connectivity index (χ4v) is 6.43. The number of hydrogen-bond acceptors (Lipinski definition) is 5. The summed E-state index contributed by atoms with van der Waals surface area (Å²) in [5.74, 6) is 0.0495. The molecule has 0 aromatic carbocycles. The first-order valence-corrected chi connectivity index (χ1v) is 11.7. The standard InChI is InChI=1S/C22H30N4O3S/c1-5-10-24-13-23-19-17(20(24)28)14(2)18(30-19)21(29)26-12-6-8-16-22(26,4)9-7-11-25(16)15(3)27/h13,16H,5-12H2,1-4H3/t16-,22+/m1/s1. The molecule has 2 aromatic heterocycles. The van der Waals surface area contributed by atoms with Crippen LogP contribution in [0.5, 0.6) is 0 Å². The van der Waals surface area contributed by atoms with Crippen LogP contribution in [-0.4, -0.2) is 55.8 Å². The first-order valence-electron chi connectivity index (χ1n) is 10.9. The molecule has 0 unspecified atom stereocenters. The van der Waals surface area contributed by atoms with Gasteiger partial charge in [0, 0.05) is 26.6 Å². The molecule has 2 fully saturated rings. The molecule has 2 aromatic rings. The molecule has 0 aliphatic carbocycles. The summed E-state index contributed by atoms with van der Waals surface area (Å²) in [5.41, 5.74) is 0.281. The van der Waals surface area contributed by atoms with Crippen LogP contribution in [0.3, 0.4) is 0 Å². The predicted molar refractivity (Wildman–Crippen MR) is 118 cm³/mol. The second-order valence-corrected chi connectivity index (χ2v) is 9.77. The normalized spacial score (nSPS) is 24.2. The molecule has 2 aliphatic rings. The van der Waals surface area contributed by atoms with Gasteiger partial charge in [-0.25, -0.2) is 4.98 Å². The lowest BCUT2D eigenvalue weighted by molar-refractivity contribution is -0.140. The minimum Gasteiger partial charge on any atom is -0.338 e. The smallest absolute Gasteiger partial charge is 0.264 e. The molecule has 2 amide bonds. The van der Waals surface area contributed by atoms with E-state index >= 15 is 0 Å². The van der Waals surface area contributed by atoms with E-state index in [4.69, 9.17) is 0 Å². The number of fused-ring (bicyclic) bond motifs is 2. The summed E-state index contributed by atoms with van der Waals surface area (Å²) in [6, 6.07) is 0.0519. The van der Waals surface area contributed by atoms with Crippen molar-refractivity contribution in [1.82, 2.24) is 19.4 Å². The summed E-state index contributed by atoms with van der Waals surface area (Å²) in [6.07, 6.45) is 6.02. The van der Waals surface area contributed by atoms with Crippen molar-refractivity contribution in [1.29, 1.82) is 0 Å². The molecule has 4 rings (SSSR count). The summed E-state index contributed by atoms with van der Waals surface area (Å²) in [7, 11) is 0. The monoisotopic (exact) mass is 430 g/mol. The van der Waals surface area contributed by atoms with Gasteiger partial charge in [0.05, 0.1) is 28.2 Å². The van der Waals surface area contributed by atoms with Crippen molar-refractivity contribution in [3.8, 4) is 0 Å². The molecule has 4 heterocycles. The van der Waals surface area contributed by atoms with Crippen molar-refractivity contribution in [2.45, 2.75) is 77.9 Å². The number of piperidine rings is 2. The lowest BCUT2D eigenvalue weighted by Crippen LogP contribution is -2.68. The van der Waals surface area contributed by atoms with Gasteiger partial charge in [0.15, 0.2) is 0 Å². The maximum absolute atomic E-state index is 13.7. The lowest BCUT2D eigenvalue weighted by Gasteiger charge is -2.56. The Morgan fingerprint density at radius 2 is 2.07 bits per heavy atom. The number of carbonyl (C=O) groups excluding carboxylic acids is 2. The Hall–Kier alpha value is -2.22. The van der Waals surface area contributed by atoms with Gasteiger partial charge >= 0.3 is 0 Å². The van der Waals surface area contributed by atoms with Crippen molar-refractivity contribution >= 4 is 33.4 Å². The zero-order chi connectivity index (χ0) is 21.6. The number of thiophene rings is 1. The number of carbonyl (C=O) groups is 2. The van der Waals surface area contributed by atoms with Gasteiger partial charge in [-0.3, -0.25) is 19.0 Å². The Bertz CT molecular complexity index is 1060. The molecule has 162 valence electrons. The molecule has 30 heavy (non-hydrogen) atoms. The number of aromatic nitrogens is 2. The van der Waals surface area contributed by atoms with Gasteiger partial charge in [0.1, 0.15) is 4.83 Å². The molecular formula is C22H30N4O3S. The van der Waals surface area contributed by atoms with Crippen molar-refractivity contribution < 1.29 is 9.59 Å². The van der Waals surface area contributed by atoms with Crippen molar-refractivity contribution in [2.75, 3.05) is 13.1 Å². The predicted octanol–water partition coefficient (Wildman–Crippen LogP) is 3.18. The average molecular weight is 431 g/mol. The van der Waals surface area contributed by atoms with E-state index in [1.807, 2.05) is 23.6 Å². The van der Waals surface area contributed by atoms with E-state index in [-0.39, 0.29) is 29.0 Å². The highest BCUT2D eigenvalue weighted by Gasteiger charge is 2.50. The zero-order valence-electron chi connectivity index (χ0n) is 18.2. The fourth-order valence-electron chi connectivity index (χ4n) is 5.34. The molecule has 0 bridgehead atoms. The highest BCUT2D eigenvalue weighted by Crippen LogP contribution is 2.41. The number of aryl methyl sites for hydroxylation is 2. The quantitative estimate of drug-likeness (QED) is 0.749.